The molecule has 4 rings (SSSR count). The second-order valence-corrected chi connectivity index (χ2v) is 10.4. The van der Waals surface area contributed by atoms with E-state index in [1.54, 1.807) is 80.1 Å². The molecule has 0 saturated carbocycles. The van der Waals surface area contributed by atoms with Crippen molar-refractivity contribution in [3.05, 3.63) is 93.1 Å². The molecular formula is C29H26Cl3N3O4. The van der Waals surface area contributed by atoms with Gasteiger partial charge in [-0.2, -0.15) is 5.10 Å². The number of halogens is 3. The first-order valence-electron chi connectivity index (χ1n) is 12.1. The molecule has 10 heteroatoms. The quantitative estimate of drug-likeness (QED) is 0.213. The summed E-state index contributed by atoms with van der Waals surface area (Å²) in [5.74, 6) is -0.424. The molecule has 0 aliphatic carbocycles. The molecule has 0 fully saturated rings. The number of benzene rings is 3. The fourth-order valence-electron chi connectivity index (χ4n) is 3.92. The number of carbonyl (C=O) groups excluding carboxylic acids is 2. The van der Waals surface area contributed by atoms with Gasteiger partial charge < -0.3 is 14.8 Å². The van der Waals surface area contributed by atoms with E-state index in [1.165, 1.54) is 0 Å². The highest BCUT2D eigenvalue weighted by Crippen LogP contribution is 2.33. The number of anilines is 1. The Balaban J connectivity index is 1.64. The molecule has 4 aromatic rings. The Kier molecular flexibility index (Phi) is 8.54. The summed E-state index contributed by atoms with van der Waals surface area (Å²) in [6.07, 6.45) is 0. The van der Waals surface area contributed by atoms with Crippen molar-refractivity contribution in [3.63, 3.8) is 0 Å². The Hall–Kier alpha value is -3.52. The lowest BCUT2D eigenvalue weighted by Crippen LogP contribution is -2.39. The summed E-state index contributed by atoms with van der Waals surface area (Å²) in [6, 6.07) is 19.0. The first-order valence-corrected chi connectivity index (χ1v) is 13.2. The van der Waals surface area contributed by atoms with Crippen LogP contribution < -0.4 is 10.1 Å². The lowest BCUT2D eigenvalue weighted by atomic mass is 10.1. The molecule has 0 aliphatic rings. The van der Waals surface area contributed by atoms with Gasteiger partial charge in [-0.05, 0) is 82.3 Å². The second-order valence-electron chi connectivity index (χ2n) is 9.15. The van der Waals surface area contributed by atoms with Gasteiger partial charge in [0.15, 0.2) is 11.3 Å². The summed E-state index contributed by atoms with van der Waals surface area (Å²) < 4.78 is 12.5. The highest BCUT2D eigenvalue weighted by atomic mass is 35.5. The smallest absolute Gasteiger partial charge is 0.349 e. The van der Waals surface area contributed by atoms with Crippen LogP contribution in [-0.2, 0) is 9.53 Å². The van der Waals surface area contributed by atoms with Crippen molar-refractivity contribution in [2.24, 2.45) is 0 Å². The van der Waals surface area contributed by atoms with Crippen LogP contribution in [0.25, 0.3) is 16.9 Å². The Morgan fingerprint density at radius 1 is 0.949 bits per heavy atom. The van der Waals surface area contributed by atoms with Gasteiger partial charge >= 0.3 is 5.97 Å². The van der Waals surface area contributed by atoms with Crippen molar-refractivity contribution in [3.8, 4) is 22.7 Å². The minimum Gasteiger partial charge on any atom is -0.476 e. The predicted molar refractivity (Wildman–Crippen MR) is 155 cm³/mol. The first kappa shape index (κ1) is 28.5. The van der Waals surface area contributed by atoms with Crippen LogP contribution >= 0.6 is 34.8 Å². The van der Waals surface area contributed by atoms with Crippen LogP contribution in [0.5, 0.6) is 5.75 Å². The topological polar surface area (TPSA) is 82.4 Å². The molecule has 0 bridgehead atoms. The molecule has 1 heterocycles. The number of nitrogens with zero attached hydrogens (tertiary/aromatic N) is 2. The van der Waals surface area contributed by atoms with Crippen LogP contribution in [0.3, 0.4) is 0 Å². The maximum absolute atomic E-state index is 13.4. The van der Waals surface area contributed by atoms with E-state index in [1.807, 2.05) is 19.1 Å². The predicted octanol–water partition coefficient (Wildman–Crippen LogP) is 7.78. The molecule has 1 N–H and O–H groups in total. The Morgan fingerprint density at radius 3 is 2.21 bits per heavy atom. The van der Waals surface area contributed by atoms with E-state index in [9.17, 15) is 9.59 Å². The maximum Gasteiger partial charge on any atom is 0.349 e. The molecule has 0 saturated heterocycles. The normalized spacial score (nSPS) is 11.3. The standard InChI is InChI=1S/C29H26Cl3N3O4/c1-5-38-28(37)29(3,4)39-22-13-11-21(12-14-22)33-27(36)25-17(2)26(18-6-8-19(30)9-7-18)35(34-25)24-15-10-20(31)16-23(24)32/h6-16H,5H2,1-4H3,(H,33,36). The Morgan fingerprint density at radius 2 is 1.59 bits per heavy atom. The number of amides is 1. The van der Waals surface area contributed by atoms with E-state index >= 15 is 0 Å². The Labute approximate surface area is 241 Å². The molecule has 1 amide bonds. The van der Waals surface area contributed by atoms with Crippen molar-refractivity contribution < 1.29 is 19.1 Å². The zero-order chi connectivity index (χ0) is 28.3. The lowest BCUT2D eigenvalue weighted by Gasteiger charge is -2.24. The highest BCUT2D eigenvalue weighted by molar-refractivity contribution is 6.35. The average molecular weight is 587 g/mol. The molecule has 3 aromatic carbocycles. The van der Waals surface area contributed by atoms with E-state index in [-0.39, 0.29) is 12.3 Å². The van der Waals surface area contributed by atoms with E-state index in [4.69, 9.17) is 44.3 Å². The van der Waals surface area contributed by atoms with Crippen LogP contribution in [0, 0.1) is 6.92 Å². The zero-order valence-electron chi connectivity index (χ0n) is 21.7. The molecular weight excluding hydrogens is 561 g/mol. The lowest BCUT2D eigenvalue weighted by molar-refractivity contribution is -0.158. The number of hydrogen-bond acceptors (Lipinski definition) is 5. The van der Waals surface area contributed by atoms with Gasteiger partial charge in [0.1, 0.15) is 5.75 Å². The van der Waals surface area contributed by atoms with Crippen molar-refractivity contribution in [2.75, 3.05) is 11.9 Å². The summed E-state index contributed by atoms with van der Waals surface area (Å²) in [5.41, 5.74) is 2.29. The number of nitrogens with one attached hydrogen (secondary N) is 1. The number of hydrogen-bond donors (Lipinski definition) is 1. The number of esters is 1. The summed E-state index contributed by atoms with van der Waals surface area (Å²) in [6.45, 7) is 7.07. The maximum atomic E-state index is 13.4. The third-order valence-electron chi connectivity index (χ3n) is 5.85. The van der Waals surface area contributed by atoms with Gasteiger partial charge in [-0.25, -0.2) is 9.48 Å². The van der Waals surface area contributed by atoms with Crippen LogP contribution in [0.15, 0.2) is 66.7 Å². The molecule has 7 nitrogen and oxygen atoms in total. The van der Waals surface area contributed by atoms with Crippen LogP contribution in [-0.4, -0.2) is 33.9 Å². The fraction of sp³-hybridized carbons (Fsp3) is 0.207. The number of rotatable bonds is 8. The molecule has 202 valence electrons. The van der Waals surface area contributed by atoms with Crippen LogP contribution in [0.4, 0.5) is 5.69 Å². The van der Waals surface area contributed by atoms with Gasteiger partial charge in [0.2, 0.25) is 0 Å². The molecule has 0 spiro atoms. The van der Waals surface area contributed by atoms with E-state index < -0.39 is 17.5 Å². The van der Waals surface area contributed by atoms with E-state index in [2.05, 4.69) is 10.4 Å². The van der Waals surface area contributed by atoms with Gasteiger partial charge in [-0.15, -0.1) is 0 Å². The van der Waals surface area contributed by atoms with Gasteiger partial charge in [0, 0.05) is 26.9 Å². The van der Waals surface area contributed by atoms with Gasteiger partial charge in [0.05, 0.1) is 23.0 Å². The highest BCUT2D eigenvalue weighted by Gasteiger charge is 2.31. The fourth-order valence-corrected chi connectivity index (χ4v) is 4.54. The first-order chi connectivity index (χ1) is 18.5. The number of carbonyl (C=O) groups is 2. The summed E-state index contributed by atoms with van der Waals surface area (Å²) in [4.78, 5) is 25.5. The van der Waals surface area contributed by atoms with Crippen molar-refractivity contribution >= 4 is 52.4 Å². The third-order valence-corrected chi connectivity index (χ3v) is 6.63. The van der Waals surface area contributed by atoms with E-state index in [0.717, 1.165) is 5.56 Å². The molecule has 0 radical (unpaired) electrons. The van der Waals surface area contributed by atoms with Crippen molar-refractivity contribution in [1.29, 1.82) is 0 Å². The van der Waals surface area contributed by atoms with Crippen LogP contribution in [0.1, 0.15) is 36.8 Å². The molecule has 39 heavy (non-hydrogen) atoms. The second kappa shape index (κ2) is 11.7. The SMILES string of the molecule is CCOC(=O)C(C)(C)Oc1ccc(NC(=O)c2nn(-c3ccc(Cl)cc3Cl)c(-c3ccc(Cl)cc3)c2C)cc1. The minimum absolute atomic E-state index is 0.217. The molecule has 0 aliphatic heterocycles. The molecule has 0 unspecified atom stereocenters. The molecule has 0 atom stereocenters. The summed E-state index contributed by atoms with van der Waals surface area (Å²) in [7, 11) is 0. The van der Waals surface area contributed by atoms with Crippen molar-refractivity contribution in [2.45, 2.75) is 33.3 Å². The number of aromatic nitrogens is 2. The van der Waals surface area contributed by atoms with Gasteiger partial charge in [-0.3, -0.25) is 4.79 Å². The number of ether oxygens (including phenoxy) is 2. The van der Waals surface area contributed by atoms with Crippen molar-refractivity contribution in [1.82, 2.24) is 9.78 Å². The Bertz CT molecular complexity index is 1510. The van der Waals surface area contributed by atoms with Crippen LogP contribution in [0.2, 0.25) is 15.1 Å². The summed E-state index contributed by atoms with van der Waals surface area (Å²) >= 11 is 18.7. The van der Waals surface area contributed by atoms with Gasteiger partial charge in [0.25, 0.3) is 5.91 Å². The molecule has 1 aromatic heterocycles. The minimum atomic E-state index is -1.16. The monoisotopic (exact) mass is 585 g/mol. The third kappa shape index (κ3) is 6.38. The largest absolute Gasteiger partial charge is 0.476 e. The van der Waals surface area contributed by atoms with Gasteiger partial charge in [-0.1, -0.05) is 46.9 Å². The summed E-state index contributed by atoms with van der Waals surface area (Å²) in [5, 5.41) is 8.96. The van der Waals surface area contributed by atoms with E-state index in [0.29, 0.717) is 43.4 Å². The zero-order valence-corrected chi connectivity index (χ0v) is 24.0. The average Bonchev–Trinajstić information content (AvgIpc) is 3.22.